The molecule has 0 saturated heterocycles. The van der Waals surface area contributed by atoms with Crippen LogP contribution < -0.4 is 15.5 Å². The summed E-state index contributed by atoms with van der Waals surface area (Å²) in [4.78, 5) is 51.5. The molecule has 0 radical (unpaired) electrons. The van der Waals surface area contributed by atoms with Crippen LogP contribution in [0.15, 0.2) is 48.5 Å². The zero-order chi connectivity index (χ0) is 25.3. The highest BCUT2D eigenvalue weighted by atomic mass is 16.6. The molecule has 0 spiro atoms. The Balaban J connectivity index is 2.22. The Morgan fingerprint density at radius 3 is 2.35 bits per heavy atom. The molecule has 0 aliphatic heterocycles. The smallest absolute Gasteiger partial charge is 0.340 e. The Hall–Kier alpha value is -3.88. The maximum Gasteiger partial charge on any atom is 0.340 e. The summed E-state index contributed by atoms with van der Waals surface area (Å²) in [7, 11) is 0. The van der Waals surface area contributed by atoms with E-state index >= 15 is 0 Å². The van der Waals surface area contributed by atoms with Gasteiger partial charge in [0.1, 0.15) is 12.1 Å². The molecule has 3 amide bonds. The highest BCUT2D eigenvalue weighted by Gasteiger charge is 2.27. The third-order valence-electron chi connectivity index (χ3n) is 4.37. The molecule has 0 unspecified atom stereocenters. The number of nitrogens with one attached hydrogen (secondary N) is 2. The molecule has 9 nitrogen and oxygen atoms in total. The van der Waals surface area contributed by atoms with E-state index in [4.69, 9.17) is 9.47 Å². The highest BCUT2D eigenvalue weighted by molar-refractivity contribution is 6.06. The fraction of sp³-hybridized carbons (Fsp3) is 0.360. The van der Waals surface area contributed by atoms with Crippen LogP contribution in [0.2, 0.25) is 0 Å². The molecule has 2 aromatic rings. The third kappa shape index (κ3) is 8.23. The van der Waals surface area contributed by atoms with Gasteiger partial charge in [0.05, 0.1) is 24.4 Å². The van der Waals surface area contributed by atoms with E-state index in [0.29, 0.717) is 5.69 Å². The van der Waals surface area contributed by atoms with E-state index in [2.05, 4.69) is 10.6 Å². The lowest BCUT2D eigenvalue weighted by Gasteiger charge is -2.26. The topological polar surface area (TPSA) is 114 Å². The molecule has 0 bridgehead atoms. The van der Waals surface area contributed by atoms with Crippen molar-refractivity contribution in [2.75, 3.05) is 29.9 Å². The number of carbonyl (C=O) groups excluding carboxylic acids is 4. The van der Waals surface area contributed by atoms with Crippen LogP contribution in [-0.2, 0) is 19.1 Å². The van der Waals surface area contributed by atoms with Gasteiger partial charge in [-0.3, -0.25) is 14.5 Å². The molecule has 9 heteroatoms. The number of hydrogen-bond donors (Lipinski definition) is 2. The van der Waals surface area contributed by atoms with Crippen molar-refractivity contribution >= 4 is 35.3 Å². The molecule has 0 aliphatic rings. The van der Waals surface area contributed by atoms with E-state index < -0.39 is 42.6 Å². The molecule has 34 heavy (non-hydrogen) atoms. The number of benzene rings is 2. The summed E-state index contributed by atoms with van der Waals surface area (Å²) in [5, 5.41) is 5.13. The molecule has 0 saturated carbocycles. The minimum atomic E-state index is -0.765. The molecule has 0 aliphatic carbocycles. The van der Waals surface area contributed by atoms with Crippen molar-refractivity contribution in [3.8, 4) is 0 Å². The number of ether oxygens (including phenoxy) is 2. The zero-order valence-electron chi connectivity index (χ0n) is 20.1. The zero-order valence-corrected chi connectivity index (χ0v) is 20.1. The first-order valence-corrected chi connectivity index (χ1v) is 10.9. The first-order valence-electron chi connectivity index (χ1n) is 10.9. The second kappa shape index (κ2) is 11.8. The second-order valence-corrected chi connectivity index (χ2v) is 8.48. The Morgan fingerprint density at radius 2 is 1.71 bits per heavy atom. The predicted molar refractivity (Wildman–Crippen MR) is 129 cm³/mol. The number of amides is 3. The van der Waals surface area contributed by atoms with Crippen LogP contribution in [0.25, 0.3) is 0 Å². The van der Waals surface area contributed by atoms with Crippen LogP contribution in [0.4, 0.5) is 16.2 Å². The maximum absolute atomic E-state index is 13.1. The van der Waals surface area contributed by atoms with Crippen molar-refractivity contribution in [3.05, 3.63) is 59.7 Å². The molecular weight excluding hydrogens is 438 g/mol. The fourth-order valence-corrected chi connectivity index (χ4v) is 3.05. The van der Waals surface area contributed by atoms with Gasteiger partial charge in [-0.1, -0.05) is 24.3 Å². The normalized spacial score (nSPS) is 10.7. The molecule has 0 atom stereocenters. The molecular formula is C25H31N3O6. The fourth-order valence-electron chi connectivity index (χ4n) is 3.05. The molecule has 2 rings (SSSR count). The number of aryl methyl sites for hydroxylation is 1. The Kier molecular flexibility index (Phi) is 9.18. The number of nitrogens with zero attached hydrogens (tertiary/aromatic N) is 1. The van der Waals surface area contributed by atoms with E-state index in [1.54, 1.807) is 58.0 Å². The number of rotatable bonds is 8. The van der Waals surface area contributed by atoms with E-state index in [9.17, 15) is 19.2 Å². The Bertz CT molecular complexity index is 1040. The van der Waals surface area contributed by atoms with Crippen LogP contribution in [-0.4, -0.2) is 49.2 Å². The number of anilines is 2. The molecule has 2 N–H and O–H groups in total. The highest BCUT2D eigenvalue weighted by Crippen LogP contribution is 2.22. The SMILES string of the molecule is CCOC(=O)c1ccccc1N(CC(=O)OC(C)(C)C)C(=O)CNC(=O)Nc1cccc(C)c1. The number of hydrogen-bond acceptors (Lipinski definition) is 6. The maximum atomic E-state index is 13.1. The minimum Gasteiger partial charge on any atom is -0.462 e. The van der Waals surface area contributed by atoms with E-state index in [0.717, 1.165) is 10.5 Å². The van der Waals surface area contributed by atoms with Crippen LogP contribution in [0.3, 0.4) is 0 Å². The molecule has 0 aromatic heterocycles. The summed E-state index contributed by atoms with van der Waals surface area (Å²) >= 11 is 0. The number of urea groups is 1. The van der Waals surface area contributed by atoms with Gasteiger partial charge >= 0.3 is 18.0 Å². The number of carbonyl (C=O) groups is 4. The second-order valence-electron chi connectivity index (χ2n) is 8.48. The van der Waals surface area contributed by atoms with Crippen molar-refractivity contribution < 1.29 is 28.7 Å². The van der Waals surface area contributed by atoms with Crippen molar-refractivity contribution in [1.29, 1.82) is 0 Å². The van der Waals surface area contributed by atoms with Crippen molar-refractivity contribution in [3.63, 3.8) is 0 Å². The van der Waals surface area contributed by atoms with Gasteiger partial charge in [0.25, 0.3) is 0 Å². The van der Waals surface area contributed by atoms with Crippen molar-refractivity contribution in [2.45, 2.75) is 40.2 Å². The summed E-state index contributed by atoms with van der Waals surface area (Å²) in [5.74, 6) is -1.91. The van der Waals surface area contributed by atoms with Gasteiger partial charge in [0, 0.05) is 5.69 Å². The van der Waals surface area contributed by atoms with Gasteiger partial charge in [-0.05, 0) is 64.4 Å². The monoisotopic (exact) mass is 469 g/mol. The standard InChI is InChI=1S/C25H31N3O6/c1-6-33-23(31)19-12-7-8-13-20(19)28(16-22(30)34-25(3,4)5)21(29)15-26-24(32)27-18-11-9-10-17(2)14-18/h7-14H,6,15-16H2,1-5H3,(H2,26,27,32). The minimum absolute atomic E-state index is 0.116. The quantitative estimate of drug-likeness (QED) is 0.570. The Labute approximate surface area is 199 Å². The number of para-hydroxylation sites is 1. The molecule has 0 fully saturated rings. The summed E-state index contributed by atoms with van der Waals surface area (Å²) in [5.41, 5.74) is 1.07. The van der Waals surface area contributed by atoms with Gasteiger partial charge in [-0.2, -0.15) is 0 Å². The summed E-state index contributed by atoms with van der Waals surface area (Å²) in [6, 6.07) is 12.9. The average molecular weight is 470 g/mol. The lowest BCUT2D eigenvalue weighted by molar-refractivity contribution is -0.153. The van der Waals surface area contributed by atoms with Gasteiger partial charge < -0.3 is 20.1 Å². The van der Waals surface area contributed by atoms with Gasteiger partial charge in [0.2, 0.25) is 5.91 Å². The van der Waals surface area contributed by atoms with Gasteiger partial charge in [-0.25, -0.2) is 9.59 Å². The van der Waals surface area contributed by atoms with Crippen LogP contribution in [0, 0.1) is 6.92 Å². The number of esters is 2. The molecule has 182 valence electrons. The van der Waals surface area contributed by atoms with E-state index in [1.165, 1.54) is 12.1 Å². The Morgan fingerprint density at radius 1 is 1.00 bits per heavy atom. The van der Waals surface area contributed by atoms with Crippen molar-refractivity contribution in [2.24, 2.45) is 0 Å². The summed E-state index contributed by atoms with van der Waals surface area (Å²) in [6.45, 7) is 7.96. The lowest BCUT2D eigenvalue weighted by atomic mass is 10.1. The lowest BCUT2D eigenvalue weighted by Crippen LogP contribution is -2.45. The predicted octanol–water partition coefficient (Wildman–Crippen LogP) is 3.67. The van der Waals surface area contributed by atoms with Crippen molar-refractivity contribution in [1.82, 2.24) is 5.32 Å². The molecule has 0 heterocycles. The van der Waals surface area contributed by atoms with E-state index in [-0.39, 0.29) is 17.9 Å². The first kappa shape index (κ1) is 26.4. The average Bonchev–Trinajstić information content (AvgIpc) is 2.75. The molecule has 2 aromatic carbocycles. The first-order chi connectivity index (χ1) is 16.0. The largest absolute Gasteiger partial charge is 0.462 e. The van der Waals surface area contributed by atoms with Gasteiger partial charge in [-0.15, -0.1) is 0 Å². The van der Waals surface area contributed by atoms with E-state index in [1.807, 2.05) is 13.0 Å². The third-order valence-corrected chi connectivity index (χ3v) is 4.37. The van der Waals surface area contributed by atoms with Crippen LogP contribution in [0.1, 0.15) is 43.6 Å². The van der Waals surface area contributed by atoms with Gasteiger partial charge in [0.15, 0.2) is 0 Å². The van der Waals surface area contributed by atoms with Crippen LogP contribution in [0.5, 0.6) is 0 Å². The summed E-state index contributed by atoms with van der Waals surface area (Å²) in [6.07, 6.45) is 0. The summed E-state index contributed by atoms with van der Waals surface area (Å²) < 4.78 is 10.4. The van der Waals surface area contributed by atoms with Crippen LogP contribution >= 0.6 is 0 Å².